The van der Waals surface area contributed by atoms with Crippen molar-refractivity contribution in [3.8, 4) is 11.4 Å². The zero-order valence-corrected chi connectivity index (χ0v) is 11.4. The standard InChI is InChI=1S/C16H17N3/c1-10-4-5-14(11(2)8-10)16-18-12(3)15-9-13(17)6-7-19(15)16/h4-9H,17H2,1-3H3. The van der Waals surface area contributed by atoms with Crippen LogP contribution in [0.5, 0.6) is 0 Å². The molecule has 0 fully saturated rings. The first kappa shape index (κ1) is 11.8. The molecule has 0 radical (unpaired) electrons. The number of aryl methyl sites for hydroxylation is 3. The number of pyridine rings is 1. The van der Waals surface area contributed by atoms with Crippen molar-refractivity contribution in [1.82, 2.24) is 9.38 Å². The molecule has 2 N–H and O–H groups in total. The van der Waals surface area contributed by atoms with Crippen molar-refractivity contribution in [3.63, 3.8) is 0 Å². The van der Waals surface area contributed by atoms with Crippen LogP contribution < -0.4 is 5.73 Å². The number of nitrogens with zero attached hydrogens (tertiary/aromatic N) is 2. The molecule has 3 heteroatoms. The van der Waals surface area contributed by atoms with Crippen LogP contribution in [-0.4, -0.2) is 9.38 Å². The minimum atomic E-state index is 0.766. The van der Waals surface area contributed by atoms with E-state index >= 15 is 0 Å². The summed E-state index contributed by atoms with van der Waals surface area (Å²) in [4.78, 5) is 4.70. The lowest BCUT2D eigenvalue weighted by atomic mass is 10.1. The Bertz CT molecular complexity index is 769. The number of hydrogen-bond acceptors (Lipinski definition) is 2. The number of nitrogen functional groups attached to an aromatic ring is 1. The predicted octanol–water partition coefficient (Wildman–Crippen LogP) is 3.51. The monoisotopic (exact) mass is 251 g/mol. The highest BCUT2D eigenvalue weighted by Gasteiger charge is 2.12. The van der Waals surface area contributed by atoms with E-state index in [1.165, 1.54) is 16.7 Å². The lowest BCUT2D eigenvalue weighted by Gasteiger charge is -2.06. The third-order valence-electron chi connectivity index (χ3n) is 3.47. The average Bonchev–Trinajstić information content (AvgIpc) is 2.66. The summed E-state index contributed by atoms with van der Waals surface area (Å²) in [6.45, 7) is 6.24. The van der Waals surface area contributed by atoms with Gasteiger partial charge in [0.25, 0.3) is 0 Å². The second-order valence-corrected chi connectivity index (χ2v) is 5.05. The Morgan fingerprint density at radius 3 is 2.58 bits per heavy atom. The largest absolute Gasteiger partial charge is 0.399 e. The van der Waals surface area contributed by atoms with Gasteiger partial charge in [0, 0.05) is 17.4 Å². The van der Waals surface area contributed by atoms with E-state index in [-0.39, 0.29) is 0 Å². The number of fused-ring (bicyclic) bond motifs is 1. The number of hydrogen-bond donors (Lipinski definition) is 1. The maximum atomic E-state index is 5.85. The Morgan fingerprint density at radius 1 is 1.05 bits per heavy atom. The van der Waals surface area contributed by atoms with Gasteiger partial charge >= 0.3 is 0 Å². The summed E-state index contributed by atoms with van der Waals surface area (Å²) in [6, 6.07) is 10.3. The van der Waals surface area contributed by atoms with Crippen molar-refractivity contribution < 1.29 is 0 Å². The highest BCUT2D eigenvalue weighted by Crippen LogP contribution is 2.26. The Balaban J connectivity index is 2.31. The Labute approximate surface area is 112 Å². The van der Waals surface area contributed by atoms with Gasteiger partial charge in [0.05, 0.1) is 11.2 Å². The number of nitrogens with two attached hydrogens (primary N) is 1. The molecule has 0 bridgehead atoms. The number of anilines is 1. The minimum Gasteiger partial charge on any atom is -0.399 e. The van der Waals surface area contributed by atoms with E-state index in [4.69, 9.17) is 10.7 Å². The molecule has 3 aromatic rings. The van der Waals surface area contributed by atoms with Gasteiger partial charge < -0.3 is 5.73 Å². The molecule has 2 aromatic heterocycles. The van der Waals surface area contributed by atoms with Gasteiger partial charge in [-0.1, -0.05) is 23.8 Å². The normalized spacial score (nSPS) is 11.1. The summed E-state index contributed by atoms with van der Waals surface area (Å²) in [7, 11) is 0. The van der Waals surface area contributed by atoms with Crippen LogP contribution in [0.3, 0.4) is 0 Å². The Kier molecular flexibility index (Phi) is 2.56. The maximum absolute atomic E-state index is 5.85. The van der Waals surface area contributed by atoms with Gasteiger partial charge in [0.2, 0.25) is 0 Å². The van der Waals surface area contributed by atoms with Gasteiger partial charge in [0.1, 0.15) is 5.82 Å². The Hall–Kier alpha value is -2.29. The van der Waals surface area contributed by atoms with Gasteiger partial charge in [-0.15, -0.1) is 0 Å². The minimum absolute atomic E-state index is 0.766. The fraction of sp³-hybridized carbons (Fsp3) is 0.188. The zero-order valence-electron chi connectivity index (χ0n) is 11.4. The molecule has 3 nitrogen and oxygen atoms in total. The van der Waals surface area contributed by atoms with E-state index in [9.17, 15) is 0 Å². The van der Waals surface area contributed by atoms with Gasteiger partial charge in [-0.2, -0.15) is 0 Å². The van der Waals surface area contributed by atoms with Gasteiger partial charge in [-0.3, -0.25) is 4.40 Å². The molecule has 0 aliphatic rings. The van der Waals surface area contributed by atoms with Gasteiger partial charge in [-0.05, 0) is 38.5 Å². The first-order chi connectivity index (χ1) is 9.06. The third-order valence-corrected chi connectivity index (χ3v) is 3.47. The van der Waals surface area contributed by atoms with Crippen LogP contribution in [0.2, 0.25) is 0 Å². The van der Waals surface area contributed by atoms with Crippen molar-refractivity contribution in [2.45, 2.75) is 20.8 Å². The molecule has 0 atom stereocenters. The molecular formula is C16H17N3. The van der Waals surface area contributed by atoms with E-state index in [2.05, 4.69) is 36.4 Å². The molecule has 0 spiro atoms. The zero-order chi connectivity index (χ0) is 13.6. The molecule has 96 valence electrons. The van der Waals surface area contributed by atoms with Gasteiger partial charge in [-0.25, -0.2) is 4.98 Å². The molecule has 0 aliphatic heterocycles. The number of rotatable bonds is 1. The van der Waals surface area contributed by atoms with E-state index in [0.717, 1.165) is 22.7 Å². The number of benzene rings is 1. The highest BCUT2D eigenvalue weighted by atomic mass is 15.0. The molecule has 0 saturated carbocycles. The average molecular weight is 251 g/mol. The predicted molar refractivity (Wildman–Crippen MR) is 79.3 cm³/mol. The van der Waals surface area contributed by atoms with E-state index in [0.29, 0.717) is 0 Å². The van der Waals surface area contributed by atoms with Crippen molar-refractivity contribution >= 4 is 11.2 Å². The smallest absolute Gasteiger partial charge is 0.145 e. The molecule has 3 rings (SSSR count). The molecule has 1 aromatic carbocycles. The van der Waals surface area contributed by atoms with Crippen LogP contribution in [0.4, 0.5) is 5.69 Å². The molecule has 0 unspecified atom stereocenters. The SMILES string of the molecule is Cc1ccc(-c2nc(C)c3cc(N)ccn23)c(C)c1. The molecule has 2 heterocycles. The van der Waals surface area contributed by atoms with Crippen molar-refractivity contribution in [2.75, 3.05) is 5.73 Å². The summed E-state index contributed by atoms with van der Waals surface area (Å²) in [5.74, 6) is 0.977. The summed E-state index contributed by atoms with van der Waals surface area (Å²) in [5, 5.41) is 0. The van der Waals surface area contributed by atoms with Crippen molar-refractivity contribution in [3.05, 3.63) is 53.3 Å². The van der Waals surface area contributed by atoms with Crippen LogP contribution in [0.15, 0.2) is 36.5 Å². The third kappa shape index (κ3) is 1.87. The fourth-order valence-corrected chi connectivity index (χ4v) is 2.50. The summed E-state index contributed by atoms with van der Waals surface area (Å²) in [6.07, 6.45) is 1.99. The first-order valence-corrected chi connectivity index (χ1v) is 6.38. The first-order valence-electron chi connectivity index (χ1n) is 6.38. The van der Waals surface area contributed by atoms with Crippen LogP contribution >= 0.6 is 0 Å². The summed E-state index contributed by atoms with van der Waals surface area (Å²) < 4.78 is 2.10. The van der Waals surface area contributed by atoms with Crippen molar-refractivity contribution in [2.24, 2.45) is 0 Å². The van der Waals surface area contributed by atoms with Crippen LogP contribution in [0.1, 0.15) is 16.8 Å². The van der Waals surface area contributed by atoms with E-state index < -0.39 is 0 Å². The maximum Gasteiger partial charge on any atom is 0.145 e. The molecule has 0 amide bonds. The van der Waals surface area contributed by atoms with E-state index in [1.807, 2.05) is 25.3 Å². The van der Waals surface area contributed by atoms with Crippen LogP contribution in [-0.2, 0) is 0 Å². The molecular weight excluding hydrogens is 234 g/mol. The highest BCUT2D eigenvalue weighted by molar-refractivity contribution is 5.70. The molecule has 0 saturated heterocycles. The number of imidazole rings is 1. The lowest BCUT2D eigenvalue weighted by molar-refractivity contribution is 1.15. The number of aromatic nitrogens is 2. The lowest BCUT2D eigenvalue weighted by Crippen LogP contribution is -1.93. The molecule has 0 aliphatic carbocycles. The van der Waals surface area contributed by atoms with Crippen molar-refractivity contribution in [1.29, 1.82) is 0 Å². The van der Waals surface area contributed by atoms with Crippen LogP contribution in [0, 0.1) is 20.8 Å². The van der Waals surface area contributed by atoms with Gasteiger partial charge in [0.15, 0.2) is 0 Å². The second-order valence-electron chi connectivity index (χ2n) is 5.05. The van der Waals surface area contributed by atoms with Crippen LogP contribution in [0.25, 0.3) is 16.9 Å². The summed E-state index contributed by atoms with van der Waals surface area (Å²) in [5.41, 5.74) is 12.4. The second kappa shape index (κ2) is 4.12. The summed E-state index contributed by atoms with van der Waals surface area (Å²) >= 11 is 0. The fourth-order valence-electron chi connectivity index (χ4n) is 2.50. The molecule has 19 heavy (non-hydrogen) atoms. The van der Waals surface area contributed by atoms with E-state index in [1.54, 1.807) is 0 Å². The Morgan fingerprint density at radius 2 is 1.84 bits per heavy atom. The quantitative estimate of drug-likeness (QED) is 0.719. The topological polar surface area (TPSA) is 43.3 Å².